The number of carbonyl (C=O) groups excluding carboxylic acids is 1. The summed E-state index contributed by atoms with van der Waals surface area (Å²) in [5.41, 5.74) is 1.29. The van der Waals surface area contributed by atoms with Gasteiger partial charge in [-0.2, -0.15) is 4.98 Å². The Morgan fingerprint density at radius 2 is 1.96 bits per heavy atom. The Labute approximate surface area is 177 Å². The Morgan fingerprint density at radius 1 is 1.21 bits per heavy atom. The van der Waals surface area contributed by atoms with Gasteiger partial charge in [0.15, 0.2) is 10.8 Å². The summed E-state index contributed by atoms with van der Waals surface area (Å²) in [6, 6.07) is 7.18. The largest absolute Gasteiger partial charge is 0.348 e. The molecule has 28 heavy (non-hydrogen) atoms. The van der Waals surface area contributed by atoms with E-state index in [-0.39, 0.29) is 11.7 Å². The van der Waals surface area contributed by atoms with E-state index in [1.165, 1.54) is 18.1 Å². The average Bonchev–Trinajstić information content (AvgIpc) is 3.13. The molecule has 0 unspecified atom stereocenters. The number of hydrogen-bond donors (Lipinski definition) is 1. The first-order chi connectivity index (χ1) is 13.6. The van der Waals surface area contributed by atoms with Crippen LogP contribution in [0.25, 0.3) is 10.3 Å². The molecule has 3 rings (SSSR count). The smallest absolute Gasteiger partial charge is 0.234 e. The summed E-state index contributed by atoms with van der Waals surface area (Å²) in [5, 5.41) is 5.08. The van der Waals surface area contributed by atoms with E-state index < -0.39 is 0 Å². The molecular weight excluding hydrogens is 414 g/mol. The van der Waals surface area contributed by atoms with Crippen molar-refractivity contribution >= 4 is 61.8 Å². The van der Waals surface area contributed by atoms with Gasteiger partial charge in [0.1, 0.15) is 16.1 Å². The van der Waals surface area contributed by atoms with Crippen LogP contribution in [0.3, 0.4) is 0 Å². The molecule has 0 atom stereocenters. The molecule has 148 valence electrons. The molecule has 0 fully saturated rings. The van der Waals surface area contributed by atoms with Crippen molar-refractivity contribution in [1.29, 1.82) is 0 Å². The molecule has 2 heterocycles. The lowest BCUT2D eigenvalue weighted by Crippen LogP contribution is -2.24. The molecule has 1 N–H and O–H groups in total. The van der Waals surface area contributed by atoms with Gasteiger partial charge >= 0.3 is 0 Å². The van der Waals surface area contributed by atoms with E-state index in [2.05, 4.69) is 39.0 Å². The van der Waals surface area contributed by atoms with Crippen LogP contribution in [0.15, 0.2) is 35.6 Å². The number of carbonyl (C=O) groups is 1. The number of para-hydroxylation sites is 1. The molecule has 0 aliphatic rings. The fraction of sp³-hybridized carbons (Fsp3) is 0.368. The van der Waals surface area contributed by atoms with Crippen LogP contribution in [0.2, 0.25) is 5.02 Å². The number of thioether (sulfide) groups is 1. The molecule has 2 aromatic heterocycles. The molecule has 0 spiro atoms. The monoisotopic (exact) mass is 435 g/mol. The number of nitrogens with one attached hydrogen (secondary N) is 1. The molecule has 9 heteroatoms. The lowest BCUT2D eigenvalue weighted by molar-refractivity contribution is -0.113. The molecule has 0 bridgehead atoms. The van der Waals surface area contributed by atoms with Gasteiger partial charge in [0.25, 0.3) is 0 Å². The summed E-state index contributed by atoms with van der Waals surface area (Å²) in [6.07, 6.45) is 3.63. The van der Waals surface area contributed by atoms with Crippen LogP contribution in [0.5, 0.6) is 0 Å². The average molecular weight is 436 g/mol. The van der Waals surface area contributed by atoms with Crippen LogP contribution < -0.4 is 10.2 Å². The summed E-state index contributed by atoms with van der Waals surface area (Å²) in [4.78, 5) is 27.9. The van der Waals surface area contributed by atoms with E-state index in [0.717, 1.165) is 40.8 Å². The number of nitrogens with zero attached hydrogens (tertiary/aromatic N) is 4. The predicted octanol–water partition coefficient (Wildman–Crippen LogP) is 5.10. The number of hydrogen-bond acceptors (Lipinski definition) is 7. The zero-order valence-corrected chi connectivity index (χ0v) is 18.2. The normalized spacial score (nSPS) is 11.0. The standard InChI is InChI=1S/C19H22ClN5OS2/c1-3-9-25(10-4-2)19-24-17-16(28-19)18(22-12-21-17)27-11-15(26)23-14-8-6-5-7-13(14)20/h5-8,12H,3-4,9-11H2,1-2H3,(H,23,26). The highest BCUT2D eigenvalue weighted by Gasteiger charge is 2.16. The Balaban J connectivity index is 1.72. The summed E-state index contributed by atoms with van der Waals surface area (Å²) < 4.78 is 0.922. The minimum atomic E-state index is -0.131. The van der Waals surface area contributed by atoms with Crippen LogP contribution >= 0.6 is 34.7 Å². The second kappa shape index (κ2) is 10.0. The van der Waals surface area contributed by atoms with Gasteiger partial charge in [-0.3, -0.25) is 4.79 Å². The Kier molecular flexibility index (Phi) is 7.47. The predicted molar refractivity (Wildman–Crippen MR) is 119 cm³/mol. The Morgan fingerprint density at radius 3 is 2.68 bits per heavy atom. The Bertz CT molecular complexity index is 943. The highest BCUT2D eigenvalue weighted by Crippen LogP contribution is 2.34. The van der Waals surface area contributed by atoms with Gasteiger partial charge in [0.2, 0.25) is 5.91 Å². The number of aromatic nitrogens is 3. The van der Waals surface area contributed by atoms with E-state index in [9.17, 15) is 4.79 Å². The van der Waals surface area contributed by atoms with E-state index in [1.54, 1.807) is 23.5 Å². The fourth-order valence-corrected chi connectivity index (χ4v) is 4.81. The number of halogens is 1. The molecular formula is C19H22ClN5OS2. The van der Waals surface area contributed by atoms with Crippen LogP contribution in [-0.4, -0.2) is 39.7 Å². The minimum absolute atomic E-state index is 0.131. The first kappa shape index (κ1) is 20.8. The molecule has 0 aliphatic heterocycles. The maximum absolute atomic E-state index is 12.3. The number of fused-ring (bicyclic) bond motifs is 1. The minimum Gasteiger partial charge on any atom is -0.348 e. The van der Waals surface area contributed by atoms with Crippen molar-refractivity contribution in [3.63, 3.8) is 0 Å². The van der Waals surface area contributed by atoms with Crippen LogP contribution in [0.4, 0.5) is 10.8 Å². The van der Waals surface area contributed by atoms with Crippen molar-refractivity contribution in [3.05, 3.63) is 35.6 Å². The van der Waals surface area contributed by atoms with Crippen molar-refractivity contribution in [2.24, 2.45) is 0 Å². The highest BCUT2D eigenvalue weighted by atomic mass is 35.5. The quantitative estimate of drug-likeness (QED) is 0.372. The number of thiazole rings is 1. The maximum Gasteiger partial charge on any atom is 0.234 e. The van der Waals surface area contributed by atoms with E-state index in [4.69, 9.17) is 11.6 Å². The lowest BCUT2D eigenvalue weighted by Gasteiger charge is -2.19. The third kappa shape index (κ3) is 5.12. The van der Waals surface area contributed by atoms with Gasteiger partial charge in [-0.25, -0.2) is 9.97 Å². The maximum atomic E-state index is 12.3. The van der Waals surface area contributed by atoms with E-state index in [1.807, 2.05) is 12.1 Å². The zero-order valence-electron chi connectivity index (χ0n) is 15.8. The van der Waals surface area contributed by atoms with E-state index in [0.29, 0.717) is 16.4 Å². The number of anilines is 2. The van der Waals surface area contributed by atoms with Gasteiger partial charge in [-0.05, 0) is 25.0 Å². The first-order valence-corrected chi connectivity index (χ1v) is 11.3. The second-order valence-electron chi connectivity index (χ2n) is 6.13. The van der Waals surface area contributed by atoms with Crippen LogP contribution in [0.1, 0.15) is 26.7 Å². The number of amides is 1. The molecule has 0 saturated carbocycles. The molecule has 1 aromatic carbocycles. The van der Waals surface area contributed by atoms with Crippen molar-refractivity contribution in [1.82, 2.24) is 15.0 Å². The molecule has 0 radical (unpaired) electrons. The third-order valence-corrected chi connectivity index (χ3v) is 6.45. The second-order valence-corrected chi connectivity index (χ2v) is 8.48. The van der Waals surface area contributed by atoms with E-state index >= 15 is 0 Å². The van der Waals surface area contributed by atoms with Crippen molar-refractivity contribution in [3.8, 4) is 0 Å². The number of rotatable bonds is 9. The Hall–Kier alpha value is -1.90. The van der Waals surface area contributed by atoms with Gasteiger partial charge in [0, 0.05) is 13.1 Å². The van der Waals surface area contributed by atoms with Gasteiger partial charge in [-0.1, -0.05) is 60.7 Å². The first-order valence-electron chi connectivity index (χ1n) is 9.16. The molecule has 1 amide bonds. The van der Waals surface area contributed by atoms with Crippen molar-refractivity contribution in [2.75, 3.05) is 29.1 Å². The van der Waals surface area contributed by atoms with Gasteiger partial charge < -0.3 is 10.2 Å². The number of benzene rings is 1. The molecule has 0 aliphatic carbocycles. The summed E-state index contributed by atoms with van der Waals surface area (Å²) in [6.45, 7) is 6.25. The summed E-state index contributed by atoms with van der Waals surface area (Å²) >= 11 is 9.06. The molecule has 3 aromatic rings. The molecule has 6 nitrogen and oxygen atoms in total. The van der Waals surface area contributed by atoms with Crippen LogP contribution in [-0.2, 0) is 4.79 Å². The highest BCUT2D eigenvalue weighted by molar-refractivity contribution is 8.00. The topological polar surface area (TPSA) is 71.0 Å². The molecule has 0 saturated heterocycles. The van der Waals surface area contributed by atoms with Gasteiger partial charge in [0.05, 0.1) is 16.5 Å². The SMILES string of the molecule is CCCN(CCC)c1nc2ncnc(SCC(=O)Nc3ccccc3Cl)c2s1. The van der Waals surface area contributed by atoms with Gasteiger partial charge in [-0.15, -0.1) is 0 Å². The summed E-state index contributed by atoms with van der Waals surface area (Å²) in [7, 11) is 0. The van der Waals surface area contributed by atoms with Crippen LogP contribution in [0, 0.1) is 0 Å². The zero-order chi connectivity index (χ0) is 19.9. The third-order valence-electron chi connectivity index (χ3n) is 3.89. The fourth-order valence-electron chi connectivity index (χ4n) is 2.69. The summed E-state index contributed by atoms with van der Waals surface area (Å²) in [5.74, 6) is 0.103. The van der Waals surface area contributed by atoms with Crippen molar-refractivity contribution in [2.45, 2.75) is 31.7 Å². The van der Waals surface area contributed by atoms with Crippen molar-refractivity contribution < 1.29 is 4.79 Å². The lowest BCUT2D eigenvalue weighted by atomic mass is 10.3.